The van der Waals surface area contributed by atoms with E-state index in [1.165, 1.54) is 0 Å². The first-order valence-corrected chi connectivity index (χ1v) is 7.12. The van der Waals surface area contributed by atoms with Gasteiger partial charge in [-0.15, -0.1) is 0 Å². The van der Waals surface area contributed by atoms with Crippen molar-refractivity contribution in [2.24, 2.45) is 7.05 Å². The van der Waals surface area contributed by atoms with Gasteiger partial charge in [-0.2, -0.15) is 5.10 Å². The van der Waals surface area contributed by atoms with Gasteiger partial charge in [-0.25, -0.2) is 0 Å². The number of aliphatic hydroxyl groups excluding tert-OH is 1. The van der Waals surface area contributed by atoms with Crippen molar-refractivity contribution in [3.63, 3.8) is 0 Å². The molecule has 2 rings (SSSR count). The molecule has 114 valence electrons. The fourth-order valence-corrected chi connectivity index (χ4v) is 2.50. The zero-order chi connectivity index (χ0) is 15.4. The maximum Gasteiger partial charge on any atom is 0.131 e. The summed E-state index contributed by atoms with van der Waals surface area (Å²) in [4.78, 5) is 0. The maximum absolute atomic E-state index is 10.3. The van der Waals surface area contributed by atoms with Crippen LogP contribution in [-0.2, 0) is 13.6 Å². The molecule has 0 fully saturated rings. The van der Waals surface area contributed by atoms with Crippen LogP contribution in [0.5, 0.6) is 5.75 Å². The standard InChI is InChI=1S/C15H20ClN3O2/c1-10-12(15(16)19(2)18-10)8-17-9-13(20)11-6-4-5-7-14(11)21-3/h4-7,13,17,20H,8-9H2,1-3H3/t13-/m0/s1. The minimum absolute atomic E-state index is 0.408. The Labute approximate surface area is 129 Å². The molecule has 5 nitrogen and oxygen atoms in total. The maximum atomic E-state index is 10.3. The Morgan fingerprint density at radius 2 is 2.14 bits per heavy atom. The summed E-state index contributed by atoms with van der Waals surface area (Å²) in [5, 5.41) is 18.3. The molecule has 0 amide bonds. The smallest absolute Gasteiger partial charge is 0.131 e. The molecule has 1 aromatic carbocycles. The highest BCUT2D eigenvalue weighted by Crippen LogP contribution is 2.24. The molecule has 1 heterocycles. The van der Waals surface area contributed by atoms with Crippen molar-refractivity contribution in [2.45, 2.75) is 19.6 Å². The Bertz CT molecular complexity index is 613. The molecule has 0 radical (unpaired) electrons. The topological polar surface area (TPSA) is 59.3 Å². The minimum Gasteiger partial charge on any atom is -0.496 e. The molecule has 0 aliphatic heterocycles. The van der Waals surface area contributed by atoms with Crippen molar-refractivity contribution in [3.05, 3.63) is 46.2 Å². The number of rotatable bonds is 6. The summed E-state index contributed by atoms with van der Waals surface area (Å²) in [7, 11) is 3.40. The molecule has 1 aromatic heterocycles. The molecule has 0 aliphatic carbocycles. The summed E-state index contributed by atoms with van der Waals surface area (Å²) in [6.07, 6.45) is -0.642. The lowest BCUT2D eigenvalue weighted by molar-refractivity contribution is 0.170. The molecule has 2 N–H and O–H groups in total. The number of aromatic nitrogens is 2. The molecule has 0 unspecified atom stereocenters. The SMILES string of the molecule is COc1ccccc1[C@@H](O)CNCc1c(C)nn(C)c1Cl. The van der Waals surface area contributed by atoms with Gasteiger partial charge >= 0.3 is 0 Å². The van der Waals surface area contributed by atoms with Crippen LogP contribution < -0.4 is 10.1 Å². The normalized spacial score (nSPS) is 12.4. The third-order valence-electron chi connectivity index (χ3n) is 3.41. The van der Waals surface area contributed by atoms with Gasteiger partial charge in [0.15, 0.2) is 0 Å². The summed E-state index contributed by atoms with van der Waals surface area (Å²) in [6.45, 7) is 2.88. The van der Waals surface area contributed by atoms with Gasteiger partial charge in [0, 0.05) is 31.3 Å². The highest BCUT2D eigenvalue weighted by molar-refractivity contribution is 6.30. The Morgan fingerprint density at radius 1 is 1.43 bits per heavy atom. The molecule has 0 spiro atoms. The van der Waals surface area contributed by atoms with Crippen LogP contribution in [-0.4, -0.2) is 28.5 Å². The predicted molar refractivity (Wildman–Crippen MR) is 82.6 cm³/mol. The van der Waals surface area contributed by atoms with Crippen LogP contribution in [0.4, 0.5) is 0 Å². The Hall–Kier alpha value is -1.56. The molecule has 21 heavy (non-hydrogen) atoms. The fourth-order valence-electron chi connectivity index (χ4n) is 2.26. The van der Waals surface area contributed by atoms with E-state index in [0.29, 0.717) is 24.0 Å². The summed E-state index contributed by atoms with van der Waals surface area (Å²) in [6, 6.07) is 7.44. The van der Waals surface area contributed by atoms with Crippen molar-refractivity contribution in [1.29, 1.82) is 0 Å². The molecular weight excluding hydrogens is 290 g/mol. The van der Waals surface area contributed by atoms with Crippen LogP contribution in [0, 0.1) is 6.92 Å². The van der Waals surface area contributed by atoms with Gasteiger partial charge in [0.1, 0.15) is 10.9 Å². The number of benzene rings is 1. The first-order chi connectivity index (χ1) is 10.0. The van der Waals surface area contributed by atoms with Gasteiger partial charge in [0.25, 0.3) is 0 Å². The zero-order valence-corrected chi connectivity index (χ0v) is 13.2. The number of hydrogen-bond acceptors (Lipinski definition) is 4. The Morgan fingerprint density at radius 3 is 2.76 bits per heavy atom. The average molecular weight is 310 g/mol. The minimum atomic E-state index is -0.642. The summed E-state index contributed by atoms with van der Waals surface area (Å²) < 4.78 is 6.89. The average Bonchev–Trinajstić information content (AvgIpc) is 2.73. The molecule has 0 saturated carbocycles. The van der Waals surface area contributed by atoms with Crippen molar-refractivity contribution in [2.75, 3.05) is 13.7 Å². The van der Waals surface area contributed by atoms with E-state index in [4.69, 9.17) is 16.3 Å². The zero-order valence-electron chi connectivity index (χ0n) is 12.4. The second-order valence-corrected chi connectivity index (χ2v) is 5.23. The molecule has 1 atom stereocenters. The van der Waals surface area contributed by atoms with E-state index in [1.807, 2.05) is 38.2 Å². The number of aryl methyl sites for hydroxylation is 2. The van der Waals surface area contributed by atoms with Gasteiger partial charge in [-0.3, -0.25) is 4.68 Å². The van der Waals surface area contributed by atoms with Gasteiger partial charge < -0.3 is 15.2 Å². The molecule has 0 bridgehead atoms. The fraction of sp³-hybridized carbons (Fsp3) is 0.400. The second kappa shape index (κ2) is 6.93. The molecule has 6 heteroatoms. The van der Waals surface area contributed by atoms with Gasteiger partial charge in [0.05, 0.1) is 18.9 Å². The lowest BCUT2D eigenvalue weighted by Gasteiger charge is -2.15. The summed E-state index contributed by atoms with van der Waals surface area (Å²) in [5.41, 5.74) is 2.61. The van der Waals surface area contributed by atoms with Crippen molar-refractivity contribution >= 4 is 11.6 Å². The Balaban J connectivity index is 1.97. The largest absolute Gasteiger partial charge is 0.496 e. The van der Waals surface area contributed by atoms with E-state index in [0.717, 1.165) is 16.8 Å². The van der Waals surface area contributed by atoms with Gasteiger partial charge in [-0.05, 0) is 13.0 Å². The number of ether oxygens (including phenoxy) is 1. The van der Waals surface area contributed by atoms with Crippen LogP contribution in [0.3, 0.4) is 0 Å². The highest BCUT2D eigenvalue weighted by Gasteiger charge is 2.14. The van der Waals surface area contributed by atoms with Crippen LogP contribution >= 0.6 is 11.6 Å². The monoisotopic (exact) mass is 309 g/mol. The third kappa shape index (κ3) is 3.56. The quantitative estimate of drug-likeness (QED) is 0.859. The lowest BCUT2D eigenvalue weighted by Crippen LogP contribution is -2.21. The van der Waals surface area contributed by atoms with E-state index in [9.17, 15) is 5.11 Å². The highest BCUT2D eigenvalue weighted by atomic mass is 35.5. The predicted octanol–water partition coefficient (Wildman–Crippen LogP) is 2.21. The van der Waals surface area contributed by atoms with Gasteiger partial charge in [-0.1, -0.05) is 29.8 Å². The van der Waals surface area contributed by atoms with E-state index in [-0.39, 0.29) is 0 Å². The van der Waals surface area contributed by atoms with Crippen molar-refractivity contribution in [1.82, 2.24) is 15.1 Å². The molecular formula is C15H20ClN3O2. The van der Waals surface area contributed by atoms with Crippen LogP contribution in [0.25, 0.3) is 0 Å². The number of hydrogen-bond donors (Lipinski definition) is 2. The van der Waals surface area contributed by atoms with Crippen LogP contribution in [0.2, 0.25) is 5.15 Å². The van der Waals surface area contributed by atoms with E-state index in [1.54, 1.807) is 11.8 Å². The van der Waals surface area contributed by atoms with Crippen molar-refractivity contribution < 1.29 is 9.84 Å². The molecule has 2 aromatic rings. The first kappa shape index (κ1) is 15.8. The number of aliphatic hydroxyl groups is 1. The number of nitrogens with zero attached hydrogens (tertiary/aromatic N) is 2. The first-order valence-electron chi connectivity index (χ1n) is 6.74. The van der Waals surface area contributed by atoms with E-state index >= 15 is 0 Å². The lowest BCUT2D eigenvalue weighted by atomic mass is 10.1. The van der Waals surface area contributed by atoms with E-state index < -0.39 is 6.10 Å². The van der Waals surface area contributed by atoms with Crippen molar-refractivity contribution in [3.8, 4) is 5.75 Å². The van der Waals surface area contributed by atoms with Crippen LogP contribution in [0.15, 0.2) is 24.3 Å². The Kier molecular flexibility index (Phi) is 5.22. The van der Waals surface area contributed by atoms with Crippen LogP contribution in [0.1, 0.15) is 22.9 Å². The number of halogens is 1. The summed E-state index contributed by atoms with van der Waals surface area (Å²) in [5.74, 6) is 0.683. The molecule has 0 saturated heterocycles. The molecule has 0 aliphatic rings. The number of methoxy groups -OCH3 is 1. The summed E-state index contributed by atoms with van der Waals surface area (Å²) >= 11 is 6.17. The van der Waals surface area contributed by atoms with E-state index in [2.05, 4.69) is 10.4 Å². The number of para-hydroxylation sites is 1. The third-order valence-corrected chi connectivity index (χ3v) is 3.88. The second-order valence-electron chi connectivity index (χ2n) is 4.87. The van der Waals surface area contributed by atoms with Gasteiger partial charge in [0.2, 0.25) is 0 Å². The number of nitrogens with one attached hydrogen (secondary N) is 1.